The normalized spacial score (nSPS) is 11.4. The molecule has 0 bridgehead atoms. The molecule has 0 fully saturated rings. The van der Waals surface area contributed by atoms with Crippen LogP contribution in [0.2, 0.25) is 5.02 Å². The minimum absolute atomic E-state index is 0.469. The van der Waals surface area contributed by atoms with Crippen LogP contribution in [0, 0.1) is 11.6 Å². The van der Waals surface area contributed by atoms with Gasteiger partial charge in [-0.3, -0.25) is 0 Å². The number of hydrogen-bond donors (Lipinski definition) is 0. The van der Waals surface area contributed by atoms with Gasteiger partial charge in [0.05, 0.1) is 0 Å². The number of halogens is 3. The Labute approximate surface area is 156 Å². The number of fused-ring (bicyclic) bond motifs is 3. The number of rotatable bonds is 3. The molecule has 3 heteroatoms. The van der Waals surface area contributed by atoms with Gasteiger partial charge in [-0.25, -0.2) is 8.78 Å². The van der Waals surface area contributed by atoms with Gasteiger partial charge in [-0.05, 0) is 62.9 Å². The first kappa shape index (κ1) is 17.0. The van der Waals surface area contributed by atoms with E-state index in [4.69, 9.17) is 11.6 Å². The molecule has 0 aromatic heterocycles. The van der Waals surface area contributed by atoms with Crippen molar-refractivity contribution in [2.75, 3.05) is 0 Å². The first-order valence-electron chi connectivity index (χ1n) is 8.67. The van der Waals surface area contributed by atoms with Crippen molar-refractivity contribution in [2.24, 2.45) is 0 Å². The molecule has 0 aliphatic heterocycles. The molecule has 0 aliphatic rings. The van der Waals surface area contributed by atoms with Crippen LogP contribution in [0.4, 0.5) is 8.78 Å². The number of benzene rings is 4. The van der Waals surface area contributed by atoms with Gasteiger partial charge < -0.3 is 0 Å². The maximum absolute atomic E-state index is 13.8. The Kier molecular flexibility index (Phi) is 4.37. The zero-order valence-corrected chi connectivity index (χ0v) is 15.1. The van der Waals surface area contributed by atoms with Gasteiger partial charge in [0.15, 0.2) is 0 Å². The Balaban J connectivity index is 1.85. The van der Waals surface area contributed by atoms with Crippen LogP contribution in [0.15, 0.2) is 60.7 Å². The van der Waals surface area contributed by atoms with Crippen molar-refractivity contribution in [3.63, 3.8) is 0 Å². The summed E-state index contributed by atoms with van der Waals surface area (Å²) >= 11 is 5.58. The third-order valence-corrected chi connectivity index (χ3v) is 5.12. The zero-order valence-electron chi connectivity index (χ0n) is 14.3. The van der Waals surface area contributed by atoms with Crippen molar-refractivity contribution in [1.29, 1.82) is 0 Å². The summed E-state index contributed by atoms with van der Waals surface area (Å²) in [5, 5.41) is 4.09. The Hall–Kier alpha value is -2.45. The molecule has 4 aromatic carbocycles. The Morgan fingerprint density at radius 1 is 0.731 bits per heavy atom. The molecule has 0 N–H and O–H groups in total. The van der Waals surface area contributed by atoms with Crippen LogP contribution in [0.25, 0.3) is 32.7 Å². The van der Waals surface area contributed by atoms with Crippen molar-refractivity contribution < 1.29 is 8.78 Å². The van der Waals surface area contributed by atoms with Crippen LogP contribution < -0.4 is 0 Å². The Morgan fingerprint density at radius 3 is 2.00 bits per heavy atom. The smallest absolute Gasteiger partial charge is 0.145 e. The average molecular weight is 367 g/mol. The van der Waals surface area contributed by atoms with Gasteiger partial charge in [0.25, 0.3) is 0 Å². The van der Waals surface area contributed by atoms with Gasteiger partial charge in [-0.1, -0.05) is 67.4 Å². The molecule has 0 aliphatic carbocycles. The maximum Gasteiger partial charge on any atom is 0.145 e. The molecule has 0 saturated heterocycles. The van der Waals surface area contributed by atoms with Crippen LogP contribution in [-0.2, 0) is 6.42 Å². The summed E-state index contributed by atoms with van der Waals surface area (Å²) in [4.78, 5) is 0. The third kappa shape index (κ3) is 2.95. The van der Waals surface area contributed by atoms with E-state index in [1.807, 2.05) is 18.2 Å². The highest BCUT2D eigenvalue weighted by molar-refractivity contribution is 6.31. The SMILES string of the molecule is CCCc1ccc2c(ccc3cc(-c4cc(F)c(Cl)c(F)c4)ccc32)c1. The summed E-state index contributed by atoms with van der Waals surface area (Å²) in [5.74, 6) is -1.49. The highest BCUT2D eigenvalue weighted by Gasteiger charge is 2.11. The second kappa shape index (κ2) is 6.69. The van der Waals surface area contributed by atoms with Gasteiger partial charge in [0.1, 0.15) is 16.7 Å². The predicted molar refractivity (Wildman–Crippen MR) is 106 cm³/mol. The minimum Gasteiger partial charge on any atom is -0.205 e. The van der Waals surface area contributed by atoms with E-state index in [2.05, 4.69) is 37.3 Å². The highest BCUT2D eigenvalue weighted by atomic mass is 35.5. The molecule has 0 radical (unpaired) electrons. The van der Waals surface area contributed by atoms with E-state index in [1.165, 1.54) is 28.5 Å². The Morgan fingerprint density at radius 2 is 1.35 bits per heavy atom. The molecule has 0 nitrogen and oxygen atoms in total. The molecule has 0 saturated carbocycles. The largest absolute Gasteiger partial charge is 0.205 e. The second-order valence-electron chi connectivity index (χ2n) is 6.56. The summed E-state index contributed by atoms with van der Waals surface area (Å²) in [6.07, 6.45) is 2.19. The molecule has 0 unspecified atom stereocenters. The second-order valence-corrected chi connectivity index (χ2v) is 6.94. The zero-order chi connectivity index (χ0) is 18.3. The van der Waals surface area contributed by atoms with E-state index in [0.29, 0.717) is 5.56 Å². The first-order valence-corrected chi connectivity index (χ1v) is 9.05. The van der Waals surface area contributed by atoms with Crippen molar-refractivity contribution in [2.45, 2.75) is 19.8 Å². The lowest BCUT2D eigenvalue weighted by molar-refractivity contribution is 0.585. The van der Waals surface area contributed by atoms with Crippen molar-refractivity contribution in [3.05, 3.63) is 82.9 Å². The van der Waals surface area contributed by atoms with Crippen molar-refractivity contribution in [1.82, 2.24) is 0 Å². The van der Waals surface area contributed by atoms with E-state index >= 15 is 0 Å². The lowest BCUT2D eigenvalue weighted by Gasteiger charge is -2.09. The highest BCUT2D eigenvalue weighted by Crippen LogP contribution is 2.32. The van der Waals surface area contributed by atoms with E-state index in [0.717, 1.165) is 29.2 Å². The molecule has 0 spiro atoms. The minimum atomic E-state index is -0.747. The molecule has 0 heterocycles. The molecule has 130 valence electrons. The van der Waals surface area contributed by atoms with Crippen LogP contribution in [0.5, 0.6) is 0 Å². The molecule has 4 rings (SSSR count). The lowest BCUT2D eigenvalue weighted by atomic mass is 9.96. The molecular formula is C23H17ClF2. The number of hydrogen-bond acceptors (Lipinski definition) is 0. The van der Waals surface area contributed by atoms with Crippen LogP contribution >= 0.6 is 11.6 Å². The lowest BCUT2D eigenvalue weighted by Crippen LogP contribution is -1.88. The Bertz CT molecular complexity index is 1110. The van der Waals surface area contributed by atoms with E-state index in [-0.39, 0.29) is 0 Å². The van der Waals surface area contributed by atoms with Crippen LogP contribution in [0.3, 0.4) is 0 Å². The molecule has 26 heavy (non-hydrogen) atoms. The first-order chi connectivity index (χ1) is 12.6. The van der Waals surface area contributed by atoms with Gasteiger partial charge in [0, 0.05) is 0 Å². The van der Waals surface area contributed by atoms with E-state index < -0.39 is 16.7 Å². The van der Waals surface area contributed by atoms with Crippen LogP contribution in [-0.4, -0.2) is 0 Å². The predicted octanol–water partition coefficient (Wildman–Crippen LogP) is 7.54. The molecule has 0 atom stereocenters. The standard InChI is InChI=1S/C23H17ClF2/c1-2-3-14-4-8-19-16(10-14)5-6-17-11-15(7-9-20(17)19)18-12-21(25)23(24)22(26)13-18/h4-13H,2-3H2,1H3. The third-order valence-electron chi connectivity index (χ3n) is 4.76. The number of aryl methyl sites for hydroxylation is 1. The van der Waals surface area contributed by atoms with Crippen molar-refractivity contribution >= 4 is 33.1 Å². The monoisotopic (exact) mass is 366 g/mol. The topological polar surface area (TPSA) is 0 Å². The fourth-order valence-corrected chi connectivity index (χ4v) is 3.58. The molecular weight excluding hydrogens is 350 g/mol. The van der Waals surface area contributed by atoms with Gasteiger partial charge in [-0.15, -0.1) is 0 Å². The summed E-state index contributed by atoms with van der Waals surface area (Å²) < 4.78 is 27.6. The quantitative estimate of drug-likeness (QED) is 0.259. The van der Waals surface area contributed by atoms with E-state index in [9.17, 15) is 8.78 Å². The fraction of sp³-hybridized carbons (Fsp3) is 0.130. The van der Waals surface area contributed by atoms with Crippen molar-refractivity contribution in [3.8, 4) is 11.1 Å². The summed E-state index contributed by atoms with van der Waals surface area (Å²) in [6, 6.07) is 19.1. The summed E-state index contributed by atoms with van der Waals surface area (Å²) in [6.45, 7) is 2.18. The van der Waals surface area contributed by atoms with Gasteiger partial charge in [0.2, 0.25) is 0 Å². The fourth-order valence-electron chi connectivity index (χ4n) is 3.47. The van der Waals surface area contributed by atoms with E-state index in [1.54, 1.807) is 0 Å². The van der Waals surface area contributed by atoms with Crippen LogP contribution in [0.1, 0.15) is 18.9 Å². The van der Waals surface area contributed by atoms with Gasteiger partial charge in [-0.2, -0.15) is 0 Å². The van der Waals surface area contributed by atoms with Gasteiger partial charge >= 0.3 is 0 Å². The summed E-state index contributed by atoms with van der Waals surface area (Å²) in [7, 11) is 0. The average Bonchev–Trinajstić information content (AvgIpc) is 2.65. The molecule has 4 aromatic rings. The summed E-state index contributed by atoms with van der Waals surface area (Å²) in [5.41, 5.74) is 2.57. The molecule has 0 amide bonds. The maximum atomic E-state index is 13.8.